The maximum atomic E-state index is 12.1. The third kappa shape index (κ3) is 4.55. The number of aromatic nitrogens is 1. The average Bonchev–Trinajstić information content (AvgIpc) is 2.61. The Morgan fingerprint density at radius 3 is 2.25 bits per heavy atom. The van der Waals surface area contributed by atoms with Crippen LogP contribution in [0.15, 0.2) is 42.5 Å². The van der Waals surface area contributed by atoms with E-state index in [1.165, 1.54) is 6.07 Å². The highest BCUT2D eigenvalue weighted by Crippen LogP contribution is 2.14. The molecule has 0 saturated carbocycles. The van der Waals surface area contributed by atoms with Crippen LogP contribution in [0.1, 0.15) is 40.4 Å². The Labute approximate surface area is 140 Å². The molecule has 24 heavy (non-hydrogen) atoms. The van der Waals surface area contributed by atoms with Crippen molar-refractivity contribution in [3.8, 4) is 5.75 Å². The van der Waals surface area contributed by atoms with Gasteiger partial charge in [0.15, 0.2) is 5.69 Å². The van der Waals surface area contributed by atoms with Gasteiger partial charge in [0.2, 0.25) is 0 Å². The van der Waals surface area contributed by atoms with E-state index in [1.807, 2.05) is 30.3 Å². The highest BCUT2D eigenvalue weighted by Gasteiger charge is 2.21. The van der Waals surface area contributed by atoms with Gasteiger partial charge in [0.05, 0.1) is 24.5 Å². The molecule has 0 unspecified atom stereocenters. The first-order chi connectivity index (χ1) is 11.7. The summed E-state index contributed by atoms with van der Waals surface area (Å²) in [5.74, 6) is -0.586. The second-order valence-electron chi connectivity index (χ2n) is 4.74. The van der Waals surface area contributed by atoms with Crippen LogP contribution in [0.4, 0.5) is 0 Å². The number of carbonyl (C=O) groups is 2. The van der Waals surface area contributed by atoms with E-state index in [2.05, 4.69) is 4.98 Å². The van der Waals surface area contributed by atoms with Crippen molar-refractivity contribution in [2.75, 3.05) is 13.2 Å². The Bertz CT molecular complexity index is 700. The Kier molecular flexibility index (Phi) is 6.31. The van der Waals surface area contributed by atoms with Crippen molar-refractivity contribution < 1.29 is 23.8 Å². The van der Waals surface area contributed by atoms with E-state index in [9.17, 15) is 9.59 Å². The summed E-state index contributed by atoms with van der Waals surface area (Å²) >= 11 is 0. The van der Waals surface area contributed by atoms with Crippen LogP contribution in [0.3, 0.4) is 0 Å². The van der Waals surface area contributed by atoms with Crippen LogP contribution in [0, 0.1) is 0 Å². The maximum Gasteiger partial charge on any atom is 0.357 e. The fourth-order valence-corrected chi connectivity index (χ4v) is 1.98. The van der Waals surface area contributed by atoms with Crippen LogP contribution in [0.2, 0.25) is 0 Å². The average molecular weight is 329 g/mol. The van der Waals surface area contributed by atoms with Gasteiger partial charge in [-0.25, -0.2) is 14.6 Å². The van der Waals surface area contributed by atoms with E-state index in [0.29, 0.717) is 11.4 Å². The third-order valence-corrected chi connectivity index (χ3v) is 3.05. The molecule has 0 aliphatic rings. The zero-order valence-electron chi connectivity index (χ0n) is 13.7. The van der Waals surface area contributed by atoms with Gasteiger partial charge < -0.3 is 14.2 Å². The van der Waals surface area contributed by atoms with E-state index in [0.717, 1.165) is 0 Å². The van der Waals surface area contributed by atoms with Gasteiger partial charge in [0.25, 0.3) is 0 Å². The molecule has 0 atom stereocenters. The van der Waals surface area contributed by atoms with Crippen molar-refractivity contribution in [3.05, 3.63) is 59.4 Å². The molecule has 0 N–H and O–H groups in total. The van der Waals surface area contributed by atoms with E-state index in [1.54, 1.807) is 19.9 Å². The lowest BCUT2D eigenvalue weighted by molar-refractivity contribution is 0.0472. The molecular formula is C18H19NO5. The van der Waals surface area contributed by atoms with Crippen molar-refractivity contribution in [2.45, 2.75) is 20.5 Å². The molecular weight excluding hydrogens is 310 g/mol. The SMILES string of the molecule is CCOC(=O)c1ccc(COc2ccccc2)nc1C(=O)OCC. The molecule has 0 radical (unpaired) electrons. The largest absolute Gasteiger partial charge is 0.487 e. The molecule has 6 heteroatoms. The Morgan fingerprint density at radius 2 is 1.58 bits per heavy atom. The summed E-state index contributed by atoms with van der Waals surface area (Å²) in [5, 5.41) is 0. The molecule has 0 fully saturated rings. The van der Waals surface area contributed by atoms with Crippen LogP contribution in [0.25, 0.3) is 0 Å². The molecule has 2 aromatic rings. The number of para-hydroxylation sites is 1. The standard InChI is InChI=1S/C18H19NO5/c1-3-22-17(20)15-11-10-13(19-16(15)18(21)23-4-2)12-24-14-8-6-5-7-9-14/h5-11H,3-4,12H2,1-2H3. The molecule has 1 aromatic heterocycles. The van der Waals surface area contributed by atoms with Gasteiger partial charge in [-0.2, -0.15) is 0 Å². The fourth-order valence-electron chi connectivity index (χ4n) is 1.98. The summed E-state index contributed by atoms with van der Waals surface area (Å²) in [6.07, 6.45) is 0. The summed E-state index contributed by atoms with van der Waals surface area (Å²) in [7, 11) is 0. The van der Waals surface area contributed by atoms with Crippen molar-refractivity contribution >= 4 is 11.9 Å². The lowest BCUT2D eigenvalue weighted by Crippen LogP contribution is -2.17. The number of pyridine rings is 1. The van der Waals surface area contributed by atoms with E-state index in [4.69, 9.17) is 14.2 Å². The monoisotopic (exact) mass is 329 g/mol. The first kappa shape index (κ1) is 17.5. The molecule has 0 spiro atoms. The Morgan fingerprint density at radius 1 is 0.917 bits per heavy atom. The predicted molar refractivity (Wildman–Crippen MR) is 86.9 cm³/mol. The zero-order valence-corrected chi connectivity index (χ0v) is 13.7. The molecule has 0 aliphatic carbocycles. The van der Waals surface area contributed by atoms with Crippen LogP contribution in [0.5, 0.6) is 5.75 Å². The second kappa shape index (κ2) is 8.67. The predicted octanol–water partition coefficient (Wildman–Crippen LogP) is 3.01. The quantitative estimate of drug-likeness (QED) is 0.727. The van der Waals surface area contributed by atoms with E-state index < -0.39 is 11.9 Å². The van der Waals surface area contributed by atoms with Gasteiger partial charge >= 0.3 is 11.9 Å². The fraction of sp³-hybridized carbons (Fsp3) is 0.278. The second-order valence-corrected chi connectivity index (χ2v) is 4.74. The summed E-state index contributed by atoms with van der Waals surface area (Å²) in [4.78, 5) is 28.2. The minimum absolute atomic E-state index is 0.0653. The number of nitrogens with zero attached hydrogens (tertiary/aromatic N) is 1. The summed E-state index contributed by atoms with van der Waals surface area (Å²) in [5.41, 5.74) is 0.526. The number of benzene rings is 1. The number of carbonyl (C=O) groups excluding carboxylic acids is 2. The van der Waals surface area contributed by atoms with Crippen LogP contribution < -0.4 is 4.74 Å². The lowest BCUT2D eigenvalue weighted by Gasteiger charge is -2.10. The number of ether oxygens (including phenoxy) is 3. The molecule has 0 amide bonds. The summed E-state index contributed by atoms with van der Waals surface area (Å²) in [6.45, 7) is 3.94. The highest BCUT2D eigenvalue weighted by molar-refractivity contribution is 6.01. The first-order valence-corrected chi connectivity index (χ1v) is 7.67. The van der Waals surface area contributed by atoms with Gasteiger partial charge in [-0.3, -0.25) is 0 Å². The van der Waals surface area contributed by atoms with Gasteiger partial charge in [0, 0.05) is 0 Å². The van der Waals surface area contributed by atoms with Crippen LogP contribution in [-0.2, 0) is 16.1 Å². The molecule has 0 saturated heterocycles. The topological polar surface area (TPSA) is 74.7 Å². The smallest absolute Gasteiger partial charge is 0.357 e. The lowest BCUT2D eigenvalue weighted by atomic mass is 10.1. The van der Waals surface area contributed by atoms with Crippen molar-refractivity contribution in [1.29, 1.82) is 0 Å². The van der Waals surface area contributed by atoms with E-state index >= 15 is 0 Å². The third-order valence-electron chi connectivity index (χ3n) is 3.05. The number of hydrogen-bond donors (Lipinski definition) is 0. The zero-order chi connectivity index (χ0) is 17.4. The number of rotatable bonds is 7. The Hall–Kier alpha value is -2.89. The molecule has 2 rings (SSSR count). The summed E-state index contributed by atoms with van der Waals surface area (Å²) < 4.78 is 15.5. The van der Waals surface area contributed by atoms with Gasteiger partial charge in [-0.15, -0.1) is 0 Å². The Balaban J connectivity index is 2.22. The summed E-state index contributed by atoms with van der Waals surface area (Å²) in [6, 6.07) is 12.4. The van der Waals surface area contributed by atoms with Gasteiger partial charge in [-0.05, 0) is 38.1 Å². The molecule has 6 nitrogen and oxygen atoms in total. The number of esters is 2. The highest BCUT2D eigenvalue weighted by atomic mass is 16.5. The van der Waals surface area contributed by atoms with Gasteiger partial charge in [0.1, 0.15) is 12.4 Å². The minimum atomic E-state index is -0.665. The maximum absolute atomic E-state index is 12.1. The first-order valence-electron chi connectivity index (χ1n) is 7.67. The van der Waals surface area contributed by atoms with Crippen molar-refractivity contribution in [2.24, 2.45) is 0 Å². The molecule has 1 heterocycles. The molecule has 1 aromatic carbocycles. The normalized spacial score (nSPS) is 10.1. The van der Waals surface area contributed by atoms with Gasteiger partial charge in [-0.1, -0.05) is 18.2 Å². The molecule has 0 bridgehead atoms. The number of hydrogen-bond acceptors (Lipinski definition) is 6. The molecule has 0 aliphatic heterocycles. The van der Waals surface area contributed by atoms with Crippen molar-refractivity contribution in [3.63, 3.8) is 0 Å². The molecule has 126 valence electrons. The van der Waals surface area contributed by atoms with Crippen LogP contribution in [-0.4, -0.2) is 30.1 Å². The van der Waals surface area contributed by atoms with E-state index in [-0.39, 0.29) is 31.1 Å². The van der Waals surface area contributed by atoms with Crippen molar-refractivity contribution in [1.82, 2.24) is 4.98 Å². The minimum Gasteiger partial charge on any atom is -0.487 e. The van der Waals surface area contributed by atoms with Crippen LogP contribution >= 0.6 is 0 Å².